The largest absolute Gasteiger partial charge is 0.380 e. The maximum absolute atomic E-state index is 11.7. The van der Waals surface area contributed by atoms with E-state index in [4.69, 9.17) is 10.5 Å². The summed E-state index contributed by atoms with van der Waals surface area (Å²) < 4.78 is 4.98. The van der Waals surface area contributed by atoms with Crippen LogP contribution < -0.4 is 11.1 Å². The molecule has 0 radical (unpaired) electrons. The Kier molecular flexibility index (Phi) is 3.54. The molecule has 0 aromatic heterocycles. The van der Waals surface area contributed by atoms with Crippen molar-refractivity contribution < 1.29 is 9.53 Å². The molecule has 1 atom stereocenters. The van der Waals surface area contributed by atoms with Crippen LogP contribution in [0.25, 0.3) is 0 Å². The molecule has 4 heteroatoms. The van der Waals surface area contributed by atoms with Crippen LogP contribution in [0.2, 0.25) is 0 Å². The number of hydrogen-bond donors (Lipinski definition) is 2. The number of benzene rings is 1. The number of carbonyl (C=O) groups is 1. The lowest BCUT2D eigenvalue weighted by atomic mass is 10.0. The minimum Gasteiger partial charge on any atom is -0.380 e. The number of nitrogens with one attached hydrogen (secondary N) is 1. The summed E-state index contributed by atoms with van der Waals surface area (Å²) in [6.07, 6.45) is 0. The van der Waals surface area contributed by atoms with Gasteiger partial charge < -0.3 is 15.8 Å². The maximum Gasteiger partial charge on any atom is 0.228 e. The summed E-state index contributed by atoms with van der Waals surface area (Å²) in [5, 5.41) is 2.94. The highest BCUT2D eigenvalue weighted by atomic mass is 16.5. The van der Waals surface area contributed by atoms with Crippen LogP contribution in [-0.4, -0.2) is 25.7 Å². The van der Waals surface area contributed by atoms with Crippen molar-refractivity contribution in [3.05, 3.63) is 35.9 Å². The highest BCUT2D eigenvalue weighted by molar-refractivity contribution is 5.80. The second-order valence-corrected chi connectivity index (χ2v) is 3.94. The molecule has 1 aromatic rings. The Labute approximate surface area is 94.8 Å². The molecule has 0 spiro atoms. The Hall–Kier alpha value is -1.39. The van der Waals surface area contributed by atoms with E-state index in [9.17, 15) is 4.79 Å². The van der Waals surface area contributed by atoms with E-state index in [0.29, 0.717) is 19.8 Å². The first-order valence-electron chi connectivity index (χ1n) is 5.44. The number of hydrogen-bond acceptors (Lipinski definition) is 3. The van der Waals surface area contributed by atoms with Gasteiger partial charge >= 0.3 is 0 Å². The summed E-state index contributed by atoms with van der Waals surface area (Å²) >= 11 is 0. The van der Waals surface area contributed by atoms with E-state index in [1.165, 1.54) is 0 Å². The van der Waals surface area contributed by atoms with E-state index in [1.54, 1.807) is 0 Å². The Bertz CT molecular complexity index is 349. The van der Waals surface area contributed by atoms with Gasteiger partial charge in [0.1, 0.15) is 0 Å². The zero-order chi connectivity index (χ0) is 11.4. The molecule has 4 nitrogen and oxygen atoms in total. The van der Waals surface area contributed by atoms with Gasteiger partial charge in [0.05, 0.1) is 25.2 Å². The summed E-state index contributed by atoms with van der Waals surface area (Å²) in [7, 11) is 0. The highest BCUT2D eigenvalue weighted by Crippen LogP contribution is 2.15. The average Bonchev–Trinajstić information content (AvgIpc) is 2.24. The van der Waals surface area contributed by atoms with Gasteiger partial charge in [-0.2, -0.15) is 0 Å². The number of rotatable bonds is 4. The second kappa shape index (κ2) is 5.09. The van der Waals surface area contributed by atoms with Gasteiger partial charge in [-0.3, -0.25) is 4.79 Å². The van der Waals surface area contributed by atoms with E-state index in [1.807, 2.05) is 30.3 Å². The lowest BCUT2D eigenvalue weighted by Gasteiger charge is -2.27. The molecular formula is C12H16N2O2. The zero-order valence-electron chi connectivity index (χ0n) is 9.06. The van der Waals surface area contributed by atoms with Crippen molar-refractivity contribution in [3.63, 3.8) is 0 Å². The Morgan fingerprint density at radius 1 is 1.44 bits per heavy atom. The molecule has 1 aliphatic rings. The first-order valence-corrected chi connectivity index (χ1v) is 5.44. The number of amides is 1. The zero-order valence-corrected chi connectivity index (χ0v) is 9.06. The Balaban J connectivity index is 1.97. The smallest absolute Gasteiger partial charge is 0.228 e. The van der Waals surface area contributed by atoms with Crippen molar-refractivity contribution >= 4 is 5.91 Å². The first-order chi connectivity index (χ1) is 7.81. The average molecular weight is 220 g/mol. The van der Waals surface area contributed by atoms with E-state index >= 15 is 0 Å². The quantitative estimate of drug-likeness (QED) is 0.774. The van der Waals surface area contributed by atoms with Gasteiger partial charge in [-0.15, -0.1) is 0 Å². The van der Waals surface area contributed by atoms with Gasteiger partial charge in [-0.25, -0.2) is 0 Å². The fraction of sp³-hybridized carbons (Fsp3) is 0.417. The summed E-state index contributed by atoms with van der Waals surface area (Å²) in [6, 6.07) is 9.66. The van der Waals surface area contributed by atoms with Crippen molar-refractivity contribution in [2.75, 3.05) is 19.8 Å². The summed E-state index contributed by atoms with van der Waals surface area (Å²) in [5.41, 5.74) is 6.71. The molecule has 86 valence electrons. The molecule has 16 heavy (non-hydrogen) atoms. The van der Waals surface area contributed by atoms with E-state index in [-0.39, 0.29) is 17.9 Å². The lowest BCUT2D eigenvalue weighted by molar-refractivity contribution is -0.139. The predicted octanol–water partition coefficient (Wildman–Crippen LogP) is 0.449. The van der Waals surface area contributed by atoms with Gasteiger partial charge in [-0.1, -0.05) is 30.3 Å². The summed E-state index contributed by atoms with van der Waals surface area (Å²) in [5.74, 6) is 0.0308. The molecule has 0 bridgehead atoms. The predicted molar refractivity (Wildman–Crippen MR) is 60.7 cm³/mol. The molecule has 0 saturated carbocycles. The minimum absolute atomic E-state index is 0.00207. The molecule has 2 rings (SSSR count). The van der Waals surface area contributed by atoms with Gasteiger partial charge in [0.25, 0.3) is 0 Å². The van der Waals surface area contributed by atoms with Crippen molar-refractivity contribution in [1.29, 1.82) is 0 Å². The molecule has 1 amide bonds. The van der Waals surface area contributed by atoms with Crippen LogP contribution in [0.15, 0.2) is 30.3 Å². The standard InChI is InChI=1S/C12H16N2O2/c13-6-11(9-4-2-1-3-5-9)14-12(15)10-7-16-8-10/h1-5,10-11H,6-8,13H2,(H,14,15)/t11-/m1/s1. The second-order valence-electron chi connectivity index (χ2n) is 3.94. The Morgan fingerprint density at radius 2 is 2.12 bits per heavy atom. The molecule has 3 N–H and O–H groups in total. The van der Waals surface area contributed by atoms with Crippen LogP contribution in [0.5, 0.6) is 0 Å². The van der Waals surface area contributed by atoms with Crippen LogP contribution in [-0.2, 0) is 9.53 Å². The van der Waals surface area contributed by atoms with E-state index in [2.05, 4.69) is 5.32 Å². The molecule has 1 heterocycles. The van der Waals surface area contributed by atoms with Crippen molar-refractivity contribution in [2.45, 2.75) is 6.04 Å². The minimum atomic E-state index is -0.103. The lowest BCUT2D eigenvalue weighted by Crippen LogP contribution is -2.45. The number of ether oxygens (including phenoxy) is 1. The fourth-order valence-corrected chi connectivity index (χ4v) is 1.64. The Morgan fingerprint density at radius 3 is 2.62 bits per heavy atom. The monoisotopic (exact) mass is 220 g/mol. The van der Waals surface area contributed by atoms with Crippen LogP contribution in [0.4, 0.5) is 0 Å². The molecule has 1 saturated heterocycles. The topological polar surface area (TPSA) is 64.3 Å². The van der Waals surface area contributed by atoms with Crippen molar-refractivity contribution in [3.8, 4) is 0 Å². The maximum atomic E-state index is 11.7. The molecule has 1 fully saturated rings. The normalized spacial score (nSPS) is 17.6. The molecule has 0 aliphatic carbocycles. The highest BCUT2D eigenvalue weighted by Gasteiger charge is 2.27. The molecule has 0 unspecified atom stereocenters. The van der Waals surface area contributed by atoms with Crippen LogP contribution in [0.1, 0.15) is 11.6 Å². The molecule has 1 aliphatic heterocycles. The molecular weight excluding hydrogens is 204 g/mol. The first kappa shape index (κ1) is 11.1. The van der Waals surface area contributed by atoms with Crippen LogP contribution >= 0.6 is 0 Å². The SMILES string of the molecule is NC[C@@H](NC(=O)C1COC1)c1ccccc1. The third-order valence-corrected chi connectivity index (χ3v) is 2.76. The van der Waals surface area contributed by atoms with Gasteiger partial charge in [0, 0.05) is 6.54 Å². The van der Waals surface area contributed by atoms with Crippen LogP contribution in [0, 0.1) is 5.92 Å². The van der Waals surface area contributed by atoms with E-state index in [0.717, 1.165) is 5.56 Å². The van der Waals surface area contributed by atoms with Gasteiger partial charge in [-0.05, 0) is 5.56 Å². The molecule has 1 aromatic carbocycles. The van der Waals surface area contributed by atoms with Crippen molar-refractivity contribution in [1.82, 2.24) is 5.32 Å². The third-order valence-electron chi connectivity index (χ3n) is 2.76. The van der Waals surface area contributed by atoms with Gasteiger partial charge in [0.15, 0.2) is 0 Å². The fourth-order valence-electron chi connectivity index (χ4n) is 1.64. The third kappa shape index (κ3) is 2.40. The summed E-state index contributed by atoms with van der Waals surface area (Å²) in [4.78, 5) is 11.7. The summed E-state index contributed by atoms with van der Waals surface area (Å²) in [6.45, 7) is 1.46. The van der Waals surface area contributed by atoms with E-state index < -0.39 is 0 Å². The van der Waals surface area contributed by atoms with Gasteiger partial charge in [0.2, 0.25) is 5.91 Å². The number of carbonyl (C=O) groups excluding carboxylic acids is 1. The van der Waals surface area contributed by atoms with Crippen LogP contribution in [0.3, 0.4) is 0 Å². The van der Waals surface area contributed by atoms with Crippen molar-refractivity contribution in [2.24, 2.45) is 11.7 Å². The number of nitrogens with two attached hydrogens (primary N) is 1.